The Morgan fingerprint density at radius 1 is 1.14 bits per heavy atom. The van der Waals surface area contributed by atoms with E-state index in [1.165, 1.54) is 19.3 Å². The predicted molar refractivity (Wildman–Crippen MR) is 105 cm³/mol. The third kappa shape index (κ3) is 5.60. The number of rotatable bonds is 7. The Bertz CT molecular complexity index is 848. The first-order chi connectivity index (χ1) is 13.2. The van der Waals surface area contributed by atoms with Crippen molar-refractivity contribution in [1.82, 2.24) is 5.32 Å². The Kier molecular flexibility index (Phi) is 7.23. The van der Waals surface area contributed by atoms with Gasteiger partial charge in [-0.3, -0.25) is 9.59 Å². The number of hydrogen-bond acceptors (Lipinski definition) is 5. The average molecular weight is 407 g/mol. The van der Waals surface area contributed by atoms with Crippen LogP contribution in [-0.4, -0.2) is 29.9 Å². The van der Waals surface area contributed by atoms with Gasteiger partial charge in [0.05, 0.1) is 6.26 Å². The number of carbonyl (C=O) groups excluding carboxylic acids is 3. The summed E-state index contributed by atoms with van der Waals surface area (Å²) in [5.74, 6) is -1.91. The van der Waals surface area contributed by atoms with Crippen molar-refractivity contribution >= 4 is 35.1 Å². The highest BCUT2D eigenvalue weighted by Crippen LogP contribution is 2.20. The van der Waals surface area contributed by atoms with Gasteiger partial charge in [-0.25, -0.2) is 4.79 Å². The van der Waals surface area contributed by atoms with Crippen molar-refractivity contribution in [1.29, 1.82) is 0 Å². The molecule has 150 valence electrons. The minimum Gasteiger partial charge on any atom is -0.459 e. The summed E-state index contributed by atoms with van der Waals surface area (Å²) >= 11 is 5.95. The van der Waals surface area contributed by atoms with Crippen molar-refractivity contribution in [2.24, 2.45) is 5.92 Å². The first-order valence-corrected chi connectivity index (χ1v) is 9.18. The highest BCUT2D eigenvalue weighted by Gasteiger charge is 2.30. The minimum absolute atomic E-state index is 0.0840. The summed E-state index contributed by atoms with van der Waals surface area (Å²) in [6.45, 7) is 6.79. The molecule has 0 aliphatic carbocycles. The van der Waals surface area contributed by atoms with Crippen molar-refractivity contribution in [2.45, 2.75) is 39.8 Å². The smallest absolute Gasteiger partial charge is 0.329 e. The molecule has 0 radical (unpaired) electrons. The van der Waals surface area contributed by atoms with Crippen LogP contribution in [0.4, 0.5) is 5.69 Å². The van der Waals surface area contributed by atoms with E-state index in [9.17, 15) is 14.4 Å². The van der Waals surface area contributed by atoms with Crippen LogP contribution >= 0.6 is 11.6 Å². The zero-order valence-corrected chi connectivity index (χ0v) is 16.9. The molecule has 0 saturated carbocycles. The summed E-state index contributed by atoms with van der Waals surface area (Å²) in [4.78, 5) is 37.0. The Balaban J connectivity index is 2.00. The highest BCUT2D eigenvalue weighted by molar-refractivity contribution is 6.31. The molecule has 7 nitrogen and oxygen atoms in total. The molecule has 0 saturated heterocycles. The van der Waals surface area contributed by atoms with Crippen LogP contribution in [0.5, 0.6) is 0 Å². The van der Waals surface area contributed by atoms with Gasteiger partial charge < -0.3 is 19.8 Å². The van der Waals surface area contributed by atoms with Crippen LogP contribution in [0.1, 0.15) is 36.9 Å². The lowest BCUT2D eigenvalue weighted by Gasteiger charge is -2.22. The maximum absolute atomic E-state index is 12.5. The van der Waals surface area contributed by atoms with E-state index in [-0.39, 0.29) is 11.7 Å². The van der Waals surface area contributed by atoms with E-state index >= 15 is 0 Å². The van der Waals surface area contributed by atoms with Gasteiger partial charge in [-0.15, -0.1) is 0 Å². The molecule has 0 fully saturated rings. The fourth-order valence-electron chi connectivity index (χ4n) is 2.38. The molecule has 0 bridgehead atoms. The normalized spacial score (nSPS) is 12.9. The first-order valence-electron chi connectivity index (χ1n) is 8.81. The molecular formula is C20H23ClN2O5. The van der Waals surface area contributed by atoms with E-state index in [4.69, 9.17) is 20.8 Å². The van der Waals surface area contributed by atoms with E-state index in [2.05, 4.69) is 10.6 Å². The van der Waals surface area contributed by atoms with Crippen LogP contribution in [0.15, 0.2) is 41.0 Å². The summed E-state index contributed by atoms with van der Waals surface area (Å²) in [5.41, 5.74) is 1.36. The maximum Gasteiger partial charge on any atom is 0.329 e. The summed E-state index contributed by atoms with van der Waals surface area (Å²) in [7, 11) is 0. The van der Waals surface area contributed by atoms with Gasteiger partial charge in [0.2, 0.25) is 0 Å². The Morgan fingerprint density at radius 2 is 1.86 bits per heavy atom. The SMILES string of the molecule is Cc1ccc(Cl)cc1NC(=O)[C@@H](C)OC(=O)[C@@H](NC(=O)c1ccco1)C(C)C. The van der Waals surface area contributed by atoms with Gasteiger partial charge >= 0.3 is 5.97 Å². The van der Waals surface area contributed by atoms with Gasteiger partial charge in [0, 0.05) is 10.7 Å². The van der Waals surface area contributed by atoms with Crippen LogP contribution in [-0.2, 0) is 14.3 Å². The molecule has 2 aromatic rings. The quantitative estimate of drug-likeness (QED) is 0.685. The lowest BCUT2D eigenvalue weighted by atomic mass is 10.0. The summed E-state index contributed by atoms with van der Waals surface area (Å²) in [5, 5.41) is 5.74. The van der Waals surface area contributed by atoms with E-state index in [0.29, 0.717) is 10.7 Å². The van der Waals surface area contributed by atoms with Crippen LogP contribution in [0.2, 0.25) is 5.02 Å². The molecule has 2 N–H and O–H groups in total. The largest absolute Gasteiger partial charge is 0.459 e. The number of anilines is 1. The maximum atomic E-state index is 12.5. The standard InChI is InChI=1S/C20H23ClN2O5/c1-11(2)17(23-19(25)16-6-5-9-27-16)20(26)28-13(4)18(24)22-15-10-14(21)8-7-12(15)3/h5-11,13,17H,1-4H3,(H,22,24)(H,23,25)/t13-,17+/m1/s1. The van der Waals surface area contributed by atoms with Crippen molar-refractivity contribution < 1.29 is 23.5 Å². The molecule has 8 heteroatoms. The Labute approximate surface area is 168 Å². The van der Waals surface area contributed by atoms with Crippen LogP contribution in [0.3, 0.4) is 0 Å². The van der Waals surface area contributed by atoms with Crippen LogP contribution in [0.25, 0.3) is 0 Å². The molecular weight excluding hydrogens is 384 g/mol. The Hall–Kier alpha value is -2.80. The number of carbonyl (C=O) groups is 3. The molecule has 28 heavy (non-hydrogen) atoms. The molecule has 1 aromatic carbocycles. The van der Waals surface area contributed by atoms with E-state index in [0.717, 1.165) is 5.56 Å². The molecule has 0 aliphatic rings. The van der Waals surface area contributed by atoms with E-state index in [1.807, 2.05) is 6.92 Å². The van der Waals surface area contributed by atoms with Gasteiger partial charge in [0.25, 0.3) is 11.8 Å². The van der Waals surface area contributed by atoms with Crippen LogP contribution in [0, 0.1) is 12.8 Å². The van der Waals surface area contributed by atoms with Gasteiger partial charge in [0.15, 0.2) is 11.9 Å². The summed E-state index contributed by atoms with van der Waals surface area (Å²) in [6, 6.07) is 7.23. The van der Waals surface area contributed by atoms with Crippen molar-refractivity contribution in [3.63, 3.8) is 0 Å². The lowest BCUT2D eigenvalue weighted by molar-refractivity contribution is -0.156. The zero-order chi connectivity index (χ0) is 20.8. The number of benzene rings is 1. The number of ether oxygens (including phenoxy) is 1. The van der Waals surface area contributed by atoms with Gasteiger partial charge in [0.1, 0.15) is 6.04 Å². The molecule has 2 atom stereocenters. The molecule has 0 aliphatic heterocycles. The molecule has 0 spiro atoms. The predicted octanol–water partition coefficient (Wildman–Crippen LogP) is 3.57. The fourth-order valence-corrected chi connectivity index (χ4v) is 2.55. The second-order valence-electron chi connectivity index (χ2n) is 6.70. The topological polar surface area (TPSA) is 97.6 Å². The molecule has 1 aromatic heterocycles. The second-order valence-corrected chi connectivity index (χ2v) is 7.14. The molecule has 2 amide bonds. The minimum atomic E-state index is -1.06. The van der Waals surface area contributed by atoms with E-state index < -0.39 is 29.9 Å². The number of furan rings is 1. The average Bonchev–Trinajstić information content (AvgIpc) is 3.16. The van der Waals surface area contributed by atoms with Crippen molar-refractivity contribution in [2.75, 3.05) is 5.32 Å². The second kappa shape index (κ2) is 9.41. The van der Waals surface area contributed by atoms with Gasteiger partial charge in [-0.2, -0.15) is 0 Å². The number of aryl methyl sites for hydroxylation is 1. The summed E-state index contributed by atoms with van der Waals surface area (Å²) in [6.07, 6.45) is 0.301. The fraction of sp³-hybridized carbons (Fsp3) is 0.350. The molecule has 0 unspecified atom stereocenters. The highest BCUT2D eigenvalue weighted by atomic mass is 35.5. The molecule has 2 rings (SSSR count). The summed E-state index contributed by atoms with van der Waals surface area (Å²) < 4.78 is 10.3. The molecule has 1 heterocycles. The first kappa shape index (κ1) is 21.5. The number of halogens is 1. The number of nitrogens with one attached hydrogen (secondary N) is 2. The van der Waals surface area contributed by atoms with Crippen LogP contribution < -0.4 is 10.6 Å². The van der Waals surface area contributed by atoms with Gasteiger partial charge in [-0.05, 0) is 49.6 Å². The third-order valence-electron chi connectivity index (χ3n) is 4.07. The Morgan fingerprint density at radius 3 is 2.46 bits per heavy atom. The monoisotopic (exact) mass is 406 g/mol. The number of esters is 1. The number of amides is 2. The van der Waals surface area contributed by atoms with Crippen molar-refractivity contribution in [3.8, 4) is 0 Å². The van der Waals surface area contributed by atoms with Crippen molar-refractivity contribution in [3.05, 3.63) is 52.9 Å². The van der Waals surface area contributed by atoms with E-state index in [1.54, 1.807) is 38.1 Å². The van der Waals surface area contributed by atoms with Gasteiger partial charge in [-0.1, -0.05) is 31.5 Å². The zero-order valence-electron chi connectivity index (χ0n) is 16.1. The third-order valence-corrected chi connectivity index (χ3v) is 4.31. The number of hydrogen-bond donors (Lipinski definition) is 2. The lowest BCUT2D eigenvalue weighted by Crippen LogP contribution is -2.47.